The van der Waals surface area contributed by atoms with Crippen LogP contribution in [0.25, 0.3) is 0 Å². The minimum absolute atomic E-state index is 0.00857. The minimum atomic E-state index is -3.61. The van der Waals surface area contributed by atoms with Gasteiger partial charge >= 0.3 is 10.2 Å². The molecule has 1 N–H and O–H groups in total. The summed E-state index contributed by atoms with van der Waals surface area (Å²) in [6, 6.07) is 6.66. The van der Waals surface area contributed by atoms with Gasteiger partial charge in [0.1, 0.15) is 0 Å². The number of ketones is 1. The van der Waals surface area contributed by atoms with E-state index in [4.69, 9.17) is 0 Å². The van der Waals surface area contributed by atoms with Crippen molar-refractivity contribution in [3.05, 3.63) is 29.8 Å². The molecule has 1 aliphatic rings. The van der Waals surface area contributed by atoms with Crippen LogP contribution in [-0.2, 0) is 10.2 Å². The van der Waals surface area contributed by atoms with Crippen LogP contribution < -0.4 is 4.72 Å². The molecule has 1 saturated heterocycles. The fourth-order valence-corrected chi connectivity index (χ4v) is 4.03. The third-order valence-electron chi connectivity index (χ3n) is 3.60. The average molecular weight is 296 g/mol. The van der Waals surface area contributed by atoms with Crippen molar-refractivity contribution in [2.24, 2.45) is 0 Å². The maximum Gasteiger partial charge on any atom is 0.301 e. The van der Waals surface area contributed by atoms with Crippen LogP contribution in [0.5, 0.6) is 0 Å². The molecule has 6 heteroatoms. The number of para-hydroxylation sites is 1. The average Bonchev–Trinajstić information content (AvgIpc) is 2.39. The lowest BCUT2D eigenvalue weighted by molar-refractivity contribution is 0.101. The summed E-state index contributed by atoms with van der Waals surface area (Å²) in [5.74, 6) is -0.157. The van der Waals surface area contributed by atoms with E-state index in [-0.39, 0.29) is 11.8 Å². The summed E-state index contributed by atoms with van der Waals surface area (Å²) in [5, 5.41) is 0. The lowest BCUT2D eigenvalue weighted by Crippen LogP contribution is -2.45. The number of anilines is 1. The normalized spacial score (nSPS) is 20.6. The van der Waals surface area contributed by atoms with Gasteiger partial charge < -0.3 is 0 Å². The first-order valence-corrected chi connectivity index (χ1v) is 8.25. The first kappa shape index (κ1) is 15.0. The zero-order valence-corrected chi connectivity index (χ0v) is 12.6. The van der Waals surface area contributed by atoms with E-state index in [0.717, 1.165) is 19.3 Å². The Morgan fingerprint density at radius 3 is 2.65 bits per heavy atom. The van der Waals surface area contributed by atoms with E-state index in [1.807, 2.05) is 6.92 Å². The highest BCUT2D eigenvalue weighted by molar-refractivity contribution is 7.90. The number of nitrogens with zero attached hydrogens (tertiary/aromatic N) is 1. The Labute approximate surface area is 120 Å². The second-order valence-electron chi connectivity index (χ2n) is 5.16. The molecular weight excluding hydrogens is 276 g/mol. The van der Waals surface area contributed by atoms with Crippen molar-refractivity contribution < 1.29 is 13.2 Å². The minimum Gasteiger partial charge on any atom is -0.294 e. The molecule has 1 heterocycles. The van der Waals surface area contributed by atoms with Crippen molar-refractivity contribution in [3.63, 3.8) is 0 Å². The van der Waals surface area contributed by atoms with Gasteiger partial charge in [0.25, 0.3) is 0 Å². The molecule has 2 rings (SSSR count). The quantitative estimate of drug-likeness (QED) is 0.868. The van der Waals surface area contributed by atoms with E-state index in [0.29, 0.717) is 17.8 Å². The lowest BCUT2D eigenvalue weighted by Gasteiger charge is -2.32. The van der Waals surface area contributed by atoms with Gasteiger partial charge in [0.15, 0.2) is 5.78 Å². The maximum absolute atomic E-state index is 12.4. The number of nitrogens with one attached hydrogen (secondary N) is 1. The van der Waals surface area contributed by atoms with Crippen molar-refractivity contribution in [2.45, 2.75) is 39.2 Å². The van der Waals surface area contributed by atoms with Gasteiger partial charge in [-0.25, -0.2) is 0 Å². The number of hydrogen-bond acceptors (Lipinski definition) is 3. The van der Waals surface area contributed by atoms with Crippen molar-refractivity contribution in [2.75, 3.05) is 11.3 Å². The molecule has 0 bridgehead atoms. The van der Waals surface area contributed by atoms with Gasteiger partial charge in [0.2, 0.25) is 0 Å². The number of benzene rings is 1. The van der Waals surface area contributed by atoms with E-state index in [9.17, 15) is 13.2 Å². The lowest BCUT2D eigenvalue weighted by atomic mass is 10.1. The summed E-state index contributed by atoms with van der Waals surface area (Å²) in [6.45, 7) is 3.87. The zero-order chi connectivity index (χ0) is 14.8. The number of Topliss-reactive ketones (excluding diaryl/α,β-unsaturated/α-hetero) is 1. The van der Waals surface area contributed by atoms with E-state index in [2.05, 4.69) is 4.72 Å². The Bertz CT molecular complexity index is 598. The van der Waals surface area contributed by atoms with Gasteiger partial charge in [-0.1, -0.05) is 18.6 Å². The Hall–Kier alpha value is -1.40. The molecule has 1 aliphatic heterocycles. The van der Waals surface area contributed by atoms with Gasteiger partial charge in [0, 0.05) is 18.2 Å². The van der Waals surface area contributed by atoms with Crippen LogP contribution >= 0.6 is 0 Å². The molecule has 0 amide bonds. The Balaban J connectivity index is 2.26. The van der Waals surface area contributed by atoms with E-state index < -0.39 is 10.2 Å². The van der Waals surface area contributed by atoms with Crippen molar-refractivity contribution in [3.8, 4) is 0 Å². The third-order valence-corrected chi connectivity index (χ3v) is 5.23. The third kappa shape index (κ3) is 3.19. The first-order chi connectivity index (χ1) is 9.42. The second kappa shape index (κ2) is 5.93. The van der Waals surface area contributed by atoms with Gasteiger partial charge in [-0.05, 0) is 38.8 Å². The standard InChI is InChI=1S/C14H20N2O3S/c1-11-7-5-6-10-16(11)20(18,19)15-14-9-4-3-8-13(14)12(2)17/h3-4,8-9,11,15H,5-7,10H2,1-2H3. The molecular formula is C14H20N2O3S. The fourth-order valence-electron chi connectivity index (χ4n) is 2.51. The van der Waals surface area contributed by atoms with E-state index in [1.54, 1.807) is 24.3 Å². The highest BCUT2D eigenvalue weighted by atomic mass is 32.2. The number of hydrogen-bond donors (Lipinski definition) is 1. The number of carbonyl (C=O) groups excluding carboxylic acids is 1. The first-order valence-electron chi connectivity index (χ1n) is 6.81. The van der Waals surface area contributed by atoms with Crippen molar-refractivity contribution >= 4 is 21.7 Å². The molecule has 5 nitrogen and oxygen atoms in total. The smallest absolute Gasteiger partial charge is 0.294 e. The molecule has 0 aliphatic carbocycles. The summed E-state index contributed by atoms with van der Waals surface area (Å²) >= 11 is 0. The van der Waals surface area contributed by atoms with Crippen LogP contribution in [0.1, 0.15) is 43.5 Å². The predicted octanol–water partition coefficient (Wildman–Crippen LogP) is 2.42. The monoisotopic (exact) mass is 296 g/mol. The van der Waals surface area contributed by atoms with E-state index in [1.165, 1.54) is 11.2 Å². The van der Waals surface area contributed by atoms with Gasteiger partial charge in [0.05, 0.1) is 5.69 Å². The van der Waals surface area contributed by atoms with Gasteiger partial charge in [-0.3, -0.25) is 9.52 Å². The van der Waals surface area contributed by atoms with Crippen LogP contribution in [-0.4, -0.2) is 31.1 Å². The second-order valence-corrected chi connectivity index (χ2v) is 6.79. The molecule has 0 radical (unpaired) electrons. The highest BCUT2D eigenvalue weighted by Crippen LogP contribution is 2.23. The molecule has 0 aromatic heterocycles. The van der Waals surface area contributed by atoms with Crippen molar-refractivity contribution in [1.29, 1.82) is 0 Å². The molecule has 110 valence electrons. The van der Waals surface area contributed by atoms with Crippen molar-refractivity contribution in [1.82, 2.24) is 4.31 Å². The molecule has 0 saturated carbocycles. The summed E-state index contributed by atoms with van der Waals surface area (Å²) in [7, 11) is -3.61. The summed E-state index contributed by atoms with van der Waals surface area (Å²) in [6.07, 6.45) is 2.80. The van der Waals surface area contributed by atoms with Gasteiger partial charge in [-0.15, -0.1) is 0 Å². The van der Waals surface area contributed by atoms with Crippen LogP contribution in [0.4, 0.5) is 5.69 Å². The zero-order valence-electron chi connectivity index (χ0n) is 11.8. The Morgan fingerprint density at radius 2 is 2.00 bits per heavy atom. The Morgan fingerprint density at radius 1 is 1.30 bits per heavy atom. The van der Waals surface area contributed by atoms with Crippen LogP contribution in [0, 0.1) is 0 Å². The SMILES string of the molecule is CC(=O)c1ccccc1NS(=O)(=O)N1CCCCC1C. The highest BCUT2D eigenvalue weighted by Gasteiger charge is 2.30. The topological polar surface area (TPSA) is 66.5 Å². The summed E-state index contributed by atoms with van der Waals surface area (Å²) < 4.78 is 28.9. The molecule has 1 aromatic rings. The van der Waals surface area contributed by atoms with Crippen LogP contribution in [0.3, 0.4) is 0 Å². The number of rotatable bonds is 4. The molecule has 20 heavy (non-hydrogen) atoms. The number of piperidine rings is 1. The Kier molecular flexibility index (Phi) is 4.45. The maximum atomic E-state index is 12.4. The molecule has 0 spiro atoms. The number of carbonyl (C=O) groups is 1. The van der Waals surface area contributed by atoms with Crippen LogP contribution in [0.2, 0.25) is 0 Å². The predicted molar refractivity (Wildman–Crippen MR) is 79.0 cm³/mol. The van der Waals surface area contributed by atoms with Crippen LogP contribution in [0.15, 0.2) is 24.3 Å². The van der Waals surface area contributed by atoms with Gasteiger partial charge in [-0.2, -0.15) is 12.7 Å². The molecule has 1 atom stereocenters. The summed E-state index contributed by atoms with van der Waals surface area (Å²) in [4.78, 5) is 11.5. The summed E-state index contributed by atoms with van der Waals surface area (Å²) in [5.41, 5.74) is 0.735. The molecule has 1 fully saturated rings. The molecule has 1 aromatic carbocycles. The molecule has 1 unspecified atom stereocenters. The van der Waals surface area contributed by atoms with E-state index >= 15 is 0 Å². The fraction of sp³-hybridized carbons (Fsp3) is 0.500. The largest absolute Gasteiger partial charge is 0.301 e.